The van der Waals surface area contributed by atoms with Gasteiger partial charge in [-0.15, -0.1) is 0 Å². The number of nitrogens with one attached hydrogen (secondary N) is 1. The molecule has 1 aliphatic rings. The van der Waals surface area contributed by atoms with Crippen LogP contribution < -0.4 is 5.32 Å². The lowest BCUT2D eigenvalue weighted by Crippen LogP contribution is -2.36. The highest BCUT2D eigenvalue weighted by Crippen LogP contribution is 2.38. The van der Waals surface area contributed by atoms with E-state index in [1.165, 1.54) is 24.0 Å². The molecular formula is C19H29NO. The van der Waals surface area contributed by atoms with Gasteiger partial charge in [0.15, 0.2) is 0 Å². The van der Waals surface area contributed by atoms with Crippen LogP contribution in [0.15, 0.2) is 18.2 Å². The van der Waals surface area contributed by atoms with E-state index in [4.69, 9.17) is 0 Å². The summed E-state index contributed by atoms with van der Waals surface area (Å²) < 4.78 is 0. The Kier molecular flexibility index (Phi) is 5.08. The molecule has 0 bridgehead atoms. The maximum atomic E-state index is 12.7. The van der Waals surface area contributed by atoms with Crippen LogP contribution in [0.1, 0.15) is 51.2 Å². The molecule has 1 fully saturated rings. The Morgan fingerprint density at radius 1 is 1.19 bits per heavy atom. The molecule has 2 heteroatoms. The van der Waals surface area contributed by atoms with Gasteiger partial charge in [0, 0.05) is 11.6 Å². The molecule has 0 radical (unpaired) electrons. The van der Waals surface area contributed by atoms with E-state index in [-0.39, 0.29) is 11.8 Å². The van der Waals surface area contributed by atoms with Gasteiger partial charge in [-0.3, -0.25) is 4.79 Å². The fourth-order valence-electron chi connectivity index (χ4n) is 3.56. The van der Waals surface area contributed by atoms with Crippen LogP contribution in [-0.4, -0.2) is 5.91 Å². The van der Waals surface area contributed by atoms with Crippen molar-refractivity contribution in [2.45, 2.75) is 53.9 Å². The summed E-state index contributed by atoms with van der Waals surface area (Å²) in [4.78, 5) is 12.7. The number of carbonyl (C=O) groups excluding carboxylic acids is 1. The van der Waals surface area contributed by atoms with E-state index < -0.39 is 0 Å². The van der Waals surface area contributed by atoms with E-state index in [1.54, 1.807) is 0 Å². The third-order valence-corrected chi connectivity index (χ3v) is 5.13. The summed E-state index contributed by atoms with van der Waals surface area (Å²) in [5.41, 5.74) is 3.42. The number of rotatable bonds is 3. The predicted octanol–water partition coefficient (Wildman–Crippen LogP) is 4.95. The van der Waals surface area contributed by atoms with E-state index >= 15 is 0 Å². The molecule has 0 aromatic heterocycles. The van der Waals surface area contributed by atoms with Crippen LogP contribution in [0.2, 0.25) is 0 Å². The summed E-state index contributed by atoms with van der Waals surface area (Å²) in [5, 5.41) is 3.15. The highest BCUT2D eigenvalue weighted by molar-refractivity contribution is 5.93. The Morgan fingerprint density at radius 3 is 2.52 bits per heavy atom. The molecule has 2 nitrogen and oxygen atoms in total. The number of hydrogen-bond donors (Lipinski definition) is 1. The Labute approximate surface area is 129 Å². The van der Waals surface area contributed by atoms with Crippen molar-refractivity contribution in [1.82, 2.24) is 0 Å². The first-order valence-corrected chi connectivity index (χ1v) is 8.26. The van der Waals surface area contributed by atoms with Crippen molar-refractivity contribution in [3.05, 3.63) is 29.3 Å². The number of amides is 1. The molecule has 1 saturated carbocycles. The van der Waals surface area contributed by atoms with E-state index in [0.717, 1.165) is 12.1 Å². The molecule has 0 spiro atoms. The largest absolute Gasteiger partial charge is 0.326 e. The standard InChI is InChI=1S/C19H29NO/c1-12(2)17-9-6-13(3)10-18(17)19(21)20-16-8-7-14(4)15(5)11-16/h7-8,11-13,17-18H,6,9-10H2,1-5H3,(H,20,21). The van der Waals surface area contributed by atoms with Crippen LogP contribution in [0.25, 0.3) is 0 Å². The Hall–Kier alpha value is -1.31. The summed E-state index contributed by atoms with van der Waals surface area (Å²) in [6.07, 6.45) is 3.47. The van der Waals surface area contributed by atoms with Gasteiger partial charge in [-0.1, -0.05) is 33.3 Å². The van der Waals surface area contributed by atoms with Gasteiger partial charge in [-0.2, -0.15) is 0 Å². The van der Waals surface area contributed by atoms with Gasteiger partial charge >= 0.3 is 0 Å². The fraction of sp³-hybridized carbons (Fsp3) is 0.632. The van der Waals surface area contributed by atoms with Gasteiger partial charge in [-0.25, -0.2) is 0 Å². The Bertz CT molecular complexity index is 506. The van der Waals surface area contributed by atoms with E-state index in [1.807, 2.05) is 6.07 Å². The molecule has 1 N–H and O–H groups in total. The smallest absolute Gasteiger partial charge is 0.227 e. The normalized spacial score (nSPS) is 25.9. The lowest BCUT2D eigenvalue weighted by molar-refractivity contribution is -0.123. The van der Waals surface area contributed by atoms with Gasteiger partial charge in [0.1, 0.15) is 0 Å². The number of benzene rings is 1. The molecule has 3 unspecified atom stereocenters. The van der Waals surface area contributed by atoms with Crippen LogP contribution in [-0.2, 0) is 4.79 Å². The van der Waals surface area contributed by atoms with Gasteiger partial charge in [0.25, 0.3) is 0 Å². The molecule has 1 amide bonds. The van der Waals surface area contributed by atoms with Crippen LogP contribution >= 0.6 is 0 Å². The van der Waals surface area contributed by atoms with Crippen LogP contribution in [0.4, 0.5) is 5.69 Å². The number of aryl methyl sites for hydroxylation is 2. The first kappa shape index (κ1) is 16.1. The maximum Gasteiger partial charge on any atom is 0.227 e. The molecule has 0 saturated heterocycles. The van der Waals surface area contributed by atoms with Gasteiger partial charge in [0.05, 0.1) is 0 Å². The molecule has 0 aliphatic heterocycles. The zero-order valence-corrected chi connectivity index (χ0v) is 14.1. The number of hydrogen-bond acceptors (Lipinski definition) is 1. The monoisotopic (exact) mass is 287 g/mol. The number of carbonyl (C=O) groups is 1. The molecule has 1 aromatic rings. The zero-order chi connectivity index (χ0) is 15.6. The van der Waals surface area contributed by atoms with E-state index in [0.29, 0.717) is 17.8 Å². The summed E-state index contributed by atoms with van der Waals surface area (Å²) in [5.74, 6) is 2.13. The minimum atomic E-state index is 0.162. The van der Waals surface area contributed by atoms with Crippen LogP contribution in [0, 0.1) is 37.5 Å². The molecule has 2 rings (SSSR count). The molecule has 1 aromatic carbocycles. The van der Waals surface area contributed by atoms with Crippen molar-refractivity contribution in [2.75, 3.05) is 5.32 Å². The third-order valence-electron chi connectivity index (χ3n) is 5.13. The van der Waals surface area contributed by atoms with E-state index in [2.05, 4.69) is 52.1 Å². The lowest BCUT2D eigenvalue weighted by Gasteiger charge is -2.36. The Balaban J connectivity index is 2.11. The minimum Gasteiger partial charge on any atom is -0.326 e. The number of anilines is 1. The zero-order valence-electron chi connectivity index (χ0n) is 14.1. The summed E-state index contributed by atoms with van der Waals surface area (Å²) >= 11 is 0. The fourth-order valence-corrected chi connectivity index (χ4v) is 3.56. The molecule has 1 aliphatic carbocycles. The minimum absolute atomic E-state index is 0.162. The highest BCUT2D eigenvalue weighted by atomic mass is 16.1. The van der Waals surface area contributed by atoms with Crippen LogP contribution in [0.5, 0.6) is 0 Å². The molecule has 3 atom stereocenters. The second-order valence-corrected chi connectivity index (χ2v) is 7.22. The first-order valence-electron chi connectivity index (χ1n) is 8.26. The summed E-state index contributed by atoms with van der Waals surface area (Å²) in [6.45, 7) is 10.9. The molecular weight excluding hydrogens is 258 g/mol. The second kappa shape index (κ2) is 6.64. The molecule has 21 heavy (non-hydrogen) atoms. The third kappa shape index (κ3) is 3.87. The average molecular weight is 287 g/mol. The quantitative estimate of drug-likeness (QED) is 0.837. The van der Waals surface area contributed by atoms with E-state index in [9.17, 15) is 4.79 Å². The van der Waals surface area contributed by atoms with Gasteiger partial charge in [-0.05, 0) is 67.7 Å². The maximum absolute atomic E-state index is 12.7. The van der Waals surface area contributed by atoms with Crippen molar-refractivity contribution in [1.29, 1.82) is 0 Å². The SMILES string of the molecule is Cc1ccc(NC(=O)C2CC(C)CCC2C(C)C)cc1C. The average Bonchev–Trinajstić information content (AvgIpc) is 2.42. The summed E-state index contributed by atoms with van der Waals surface area (Å²) in [6, 6.07) is 6.16. The van der Waals surface area contributed by atoms with Crippen molar-refractivity contribution in [3.63, 3.8) is 0 Å². The second-order valence-electron chi connectivity index (χ2n) is 7.22. The Morgan fingerprint density at radius 2 is 1.90 bits per heavy atom. The van der Waals surface area contributed by atoms with Crippen molar-refractivity contribution < 1.29 is 4.79 Å². The van der Waals surface area contributed by atoms with Crippen LogP contribution in [0.3, 0.4) is 0 Å². The predicted molar refractivity (Wildman–Crippen MR) is 89.4 cm³/mol. The first-order chi connectivity index (χ1) is 9.88. The topological polar surface area (TPSA) is 29.1 Å². The summed E-state index contributed by atoms with van der Waals surface area (Å²) in [7, 11) is 0. The van der Waals surface area contributed by atoms with Crippen molar-refractivity contribution in [2.24, 2.45) is 23.7 Å². The highest BCUT2D eigenvalue weighted by Gasteiger charge is 2.35. The van der Waals surface area contributed by atoms with Crippen molar-refractivity contribution in [3.8, 4) is 0 Å². The van der Waals surface area contributed by atoms with Gasteiger partial charge in [0.2, 0.25) is 5.91 Å². The van der Waals surface area contributed by atoms with Crippen molar-refractivity contribution >= 4 is 11.6 Å². The molecule has 116 valence electrons. The lowest BCUT2D eigenvalue weighted by atomic mass is 9.70. The molecule has 0 heterocycles. The van der Waals surface area contributed by atoms with Gasteiger partial charge < -0.3 is 5.32 Å².